The average Bonchev–Trinajstić information content (AvgIpc) is 2.44. The molecule has 1 rings (SSSR count). The summed E-state index contributed by atoms with van der Waals surface area (Å²) in [7, 11) is 0. The minimum atomic E-state index is 0.799. The number of hydrogen-bond donors (Lipinski definition) is 0. The van der Waals surface area contributed by atoms with E-state index in [9.17, 15) is 0 Å². The molecule has 16 heavy (non-hydrogen) atoms. The number of rotatable bonds is 4. The molecule has 0 amide bonds. The summed E-state index contributed by atoms with van der Waals surface area (Å²) in [6, 6.07) is 0. The van der Waals surface area contributed by atoms with Crippen molar-refractivity contribution in [3.05, 3.63) is 35.8 Å². The summed E-state index contributed by atoms with van der Waals surface area (Å²) in [5.41, 5.74) is 0. The van der Waals surface area contributed by atoms with Crippen molar-refractivity contribution in [1.29, 1.82) is 0 Å². The molecule has 0 saturated heterocycles. The third-order valence-corrected chi connectivity index (χ3v) is 4.35. The molecule has 0 aromatic heterocycles. The molecule has 1 fully saturated rings. The molecule has 1 aliphatic carbocycles. The van der Waals surface area contributed by atoms with Crippen LogP contribution in [0.15, 0.2) is 35.8 Å². The zero-order chi connectivity index (χ0) is 11.8. The first-order valence-electron chi connectivity index (χ1n) is 6.37. The summed E-state index contributed by atoms with van der Waals surface area (Å²) in [6.45, 7) is 8.53. The van der Waals surface area contributed by atoms with Crippen molar-refractivity contribution >= 4 is 11.8 Å². The lowest BCUT2D eigenvalue weighted by atomic mass is 10.0. The van der Waals surface area contributed by atoms with Crippen LogP contribution in [0, 0.1) is 5.92 Å². The van der Waals surface area contributed by atoms with Crippen LogP contribution in [-0.4, -0.2) is 5.25 Å². The molecule has 1 heteroatoms. The first kappa shape index (κ1) is 13.6. The van der Waals surface area contributed by atoms with Gasteiger partial charge in [-0.05, 0) is 38.2 Å². The molecule has 0 N–H and O–H groups in total. The standard InChI is InChI=1S/C15H24S/c1-4-5-6-9-14(3)16-15-10-7-8-13(2)11-12-15/h4-6,9,13,15H,3,7-8,10-12H2,1-2H3/b5-4-,9-6-. The molecular weight excluding hydrogens is 212 g/mol. The smallest absolute Gasteiger partial charge is 0.00942 e. The molecule has 0 aromatic rings. The number of allylic oxidation sites excluding steroid dienone is 4. The first-order valence-corrected chi connectivity index (χ1v) is 7.25. The van der Waals surface area contributed by atoms with Gasteiger partial charge in [-0.2, -0.15) is 0 Å². The van der Waals surface area contributed by atoms with Crippen molar-refractivity contribution in [2.24, 2.45) is 5.92 Å². The molecule has 0 spiro atoms. The van der Waals surface area contributed by atoms with E-state index in [0.29, 0.717) is 0 Å². The highest BCUT2D eigenvalue weighted by Gasteiger charge is 2.16. The highest BCUT2D eigenvalue weighted by molar-refractivity contribution is 8.03. The lowest BCUT2D eigenvalue weighted by molar-refractivity contribution is 0.505. The molecule has 1 aliphatic rings. The van der Waals surface area contributed by atoms with Gasteiger partial charge in [0.25, 0.3) is 0 Å². The lowest BCUT2D eigenvalue weighted by Crippen LogP contribution is -2.00. The van der Waals surface area contributed by atoms with Gasteiger partial charge in [0.1, 0.15) is 0 Å². The van der Waals surface area contributed by atoms with Crippen molar-refractivity contribution in [2.75, 3.05) is 0 Å². The summed E-state index contributed by atoms with van der Waals surface area (Å²) in [5.74, 6) is 0.928. The Morgan fingerprint density at radius 3 is 2.75 bits per heavy atom. The lowest BCUT2D eigenvalue weighted by Gasteiger charge is -2.13. The number of hydrogen-bond acceptors (Lipinski definition) is 1. The largest absolute Gasteiger partial charge is 0.123 e. The third-order valence-electron chi connectivity index (χ3n) is 3.11. The zero-order valence-corrected chi connectivity index (χ0v) is 11.4. The van der Waals surface area contributed by atoms with Gasteiger partial charge in [-0.1, -0.05) is 44.6 Å². The van der Waals surface area contributed by atoms with E-state index in [1.807, 2.05) is 24.8 Å². The van der Waals surface area contributed by atoms with Gasteiger partial charge in [-0.3, -0.25) is 0 Å². The minimum absolute atomic E-state index is 0.799. The van der Waals surface area contributed by atoms with Crippen molar-refractivity contribution < 1.29 is 0 Å². The van der Waals surface area contributed by atoms with Crippen molar-refractivity contribution in [1.82, 2.24) is 0 Å². The van der Waals surface area contributed by atoms with E-state index < -0.39 is 0 Å². The molecule has 0 bridgehead atoms. The van der Waals surface area contributed by atoms with Crippen LogP contribution in [0.4, 0.5) is 0 Å². The van der Waals surface area contributed by atoms with Crippen molar-refractivity contribution in [3.8, 4) is 0 Å². The molecule has 1 saturated carbocycles. The predicted molar refractivity (Wildman–Crippen MR) is 76.7 cm³/mol. The van der Waals surface area contributed by atoms with Crippen LogP contribution in [-0.2, 0) is 0 Å². The Morgan fingerprint density at radius 2 is 2.00 bits per heavy atom. The Kier molecular flexibility index (Phi) is 6.63. The van der Waals surface area contributed by atoms with Crippen molar-refractivity contribution in [3.63, 3.8) is 0 Å². The first-order chi connectivity index (χ1) is 7.72. The van der Waals surface area contributed by atoms with E-state index in [-0.39, 0.29) is 0 Å². The quantitative estimate of drug-likeness (QED) is 0.469. The second-order valence-corrected chi connectivity index (χ2v) is 6.13. The second kappa shape index (κ2) is 7.78. The van der Waals surface area contributed by atoms with E-state index in [4.69, 9.17) is 0 Å². The van der Waals surface area contributed by atoms with Crippen LogP contribution in [0.3, 0.4) is 0 Å². The molecule has 90 valence electrons. The average molecular weight is 236 g/mol. The fourth-order valence-electron chi connectivity index (χ4n) is 2.10. The Labute approximate surface area is 105 Å². The van der Waals surface area contributed by atoms with Crippen LogP contribution in [0.5, 0.6) is 0 Å². The molecule has 0 aliphatic heterocycles. The van der Waals surface area contributed by atoms with Crippen LogP contribution >= 0.6 is 11.8 Å². The van der Waals surface area contributed by atoms with Crippen LogP contribution in [0.2, 0.25) is 0 Å². The zero-order valence-electron chi connectivity index (χ0n) is 10.6. The summed E-state index contributed by atoms with van der Waals surface area (Å²) in [5, 5.41) is 0.799. The maximum Gasteiger partial charge on any atom is 0.00942 e. The molecule has 0 radical (unpaired) electrons. The van der Waals surface area contributed by atoms with Gasteiger partial charge in [0.15, 0.2) is 0 Å². The van der Waals surface area contributed by atoms with Crippen molar-refractivity contribution in [2.45, 2.75) is 51.2 Å². The van der Waals surface area contributed by atoms with Gasteiger partial charge in [-0.25, -0.2) is 0 Å². The Hall–Kier alpha value is -0.430. The Morgan fingerprint density at radius 1 is 1.19 bits per heavy atom. The van der Waals surface area contributed by atoms with E-state index in [2.05, 4.69) is 31.7 Å². The fourth-order valence-corrected chi connectivity index (χ4v) is 3.22. The highest BCUT2D eigenvalue weighted by atomic mass is 32.2. The second-order valence-electron chi connectivity index (χ2n) is 4.70. The van der Waals surface area contributed by atoms with E-state index in [0.717, 1.165) is 11.2 Å². The predicted octanol–water partition coefficient (Wildman–Crippen LogP) is 5.33. The van der Waals surface area contributed by atoms with Crippen LogP contribution in [0.25, 0.3) is 0 Å². The maximum atomic E-state index is 4.11. The SMILES string of the molecule is C=C(/C=C\C=C/C)SC1CCCC(C)CC1. The van der Waals surface area contributed by atoms with Crippen LogP contribution < -0.4 is 0 Å². The van der Waals surface area contributed by atoms with Gasteiger partial charge in [0.05, 0.1) is 0 Å². The normalized spacial score (nSPS) is 27.4. The van der Waals surface area contributed by atoms with Gasteiger partial charge < -0.3 is 0 Å². The highest BCUT2D eigenvalue weighted by Crippen LogP contribution is 2.33. The summed E-state index contributed by atoms with van der Waals surface area (Å²) < 4.78 is 0. The van der Waals surface area contributed by atoms with Gasteiger partial charge >= 0.3 is 0 Å². The molecule has 2 atom stereocenters. The summed E-state index contributed by atoms with van der Waals surface area (Å²) in [4.78, 5) is 1.21. The Balaban J connectivity index is 2.32. The number of thioether (sulfide) groups is 1. The minimum Gasteiger partial charge on any atom is -0.123 e. The monoisotopic (exact) mass is 236 g/mol. The van der Waals surface area contributed by atoms with Gasteiger partial charge in [0, 0.05) is 10.2 Å². The molecule has 0 nitrogen and oxygen atoms in total. The maximum absolute atomic E-state index is 4.11. The molecule has 2 unspecified atom stereocenters. The van der Waals surface area contributed by atoms with E-state index in [1.165, 1.54) is 37.0 Å². The summed E-state index contributed by atoms with van der Waals surface area (Å²) >= 11 is 1.97. The van der Waals surface area contributed by atoms with E-state index >= 15 is 0 Å². The molecular formula is C15H24S. The van der Waals surface area contributed by atoms with Gasteiger partial charge in [-0.15, -0.1) is 11.8 Å². The molecule has 0 heterocycles. The summed E-state index contributed by atoms with van der Waals surface area (Å²) in [6.07, 6.45) is 15.2. The van der Waals surface area contributed by atoms with Gasteiger partial charge in [0.2, 0.25) is 0 Å². The topological polar surface area (TPSA) is 0 Å². The van der Waals surface area contributed by atoms with Crippen LogP contribution in [0.1, 0.15) is 46.0 Å². The third kappa shape index (κ3) is 5.60. The molecule has 0 aromatic carbocycles. The van der Waals surface area contributed by atoms with E-state index in [1.54, 1.807) is 0 Å². The Bertz CT molecular complexity index is 263. The fraction of sp³-hybridized carbons (Fsp3) is 0.600.